The summed E-state index contributed by atoms with van der Waals surface area (Å²) in [5, 5.41) is 10.6. The van der Waals surface area contributed by atoms with Crippen LogP contribution in [0.25, 0.3) is 0 Å². The van der Waals surface area contributed by atoms with E-state index < -0.39 is 0 Å². The number of hydrogen-bond acceptors (Lipinski definition) is 6. The van der Waals surface area contributed by atoms with E-state index in [1.807, 2.05) is 13.0 Å². The second-order valence-electron chi connectivity index (χ2n) is 5.01. The molecule has 0 spiro atoms. The third-order valence-electron chi connectivity index (χ3n) is 3.43. The van der Waals surface area contributed by atoms with Crippen molar-refractivity contribution in [1.82, 2.24) is 25.1 Å². The number of nitrogens with zero attached hydrogens (tertiary/aromatic N) is 6. The lowest BCUT2D eigenvalue weighted by atomic mass is 10.3. The number of anilines is 2. The first-order chi connectivity index (χ1) is 10.7. The summed E-state index contributed by atoms with van der Waals surface area (Å²) in [7, 11) is 0. The maximum Gasteiger partial charge on any atom is 0.323 e. The van der Waals surface area contributed by atoms with E-state index in [0.29, 0.717) is 37.9 Å². The van der Waals surface area contributed by atoms with Crippen molar-refractivity contribution >= 4 is 17.8 Å². The topological polar surface area (TPSA) is 87.1 Å². The number of piperazine rings is 1. The van der Waals surface area contributed by atoms with Crippen molar-refractivity contribution in [3.8, 4) is 0 Å². The van der Waals surface area contributed by atoms with E-state index in [-0.39, 0.29) is 6.03 Å². The van der Waals surface area contributed by atoms with Gasteiger partial charge in [-0.1, -0.05) is 0 Å². The Morgan fingerprint density at radius 3 is 2.45 bits per heavy atom. The van der Waals surface area contributed by atoms with E-state index in [4.69, 9.17) is 0 Å². The third-order valence-corrected chi connectivity index (χ3v) is 3.43. The Morgan fingerprint density at radius 2 is 1.82 bits per heavy atom. The maximum atomic E-state index is 12.2. The van der Waals surface area contributed by atoms with Gasteiger partial charge in [-0.3, -0.25) is 5.32 Å². The molecule has 3 rings (SSSR count). The lowest BCUT2D eigenvalue weighted by Crippen LogP contribution is -2.50. The summed E-state index contributed by atoms with van der Waals surface area (Å²) >= 11 is 0. The van der Waals surface area contributed by atoms with Gasteiger partial charge < -0.3 is 9.80 Å². The van der Waals surface area contributed by atoms with Gasteiger partial charge in [0.2, 0.25) is 5.95 Å². The fourth-order valence-electron chi connectivity index (χ4n) is 2.22. The molecule has 0 saturated carbocycles. The van der Waals surface area contributed by atoms with Crippen LogP contribution in [0.3, 0.4) is 0 Å². The highest BCUT2D eigenvalue weighted by Crippen LogP contribution is 2.11. The molecule has 1 aliphatic rings. The van der Waals surface area contributed by atoms with Crippen molar-refractivity contribution in [3.05, 3.63) is 36.3 Å². The Kier molecular flexibility index (Phi) is 4.08. The zero-order valence-electron chi connectivity index (χ0n) is 12.3. The molecule has 2 aromatic heterocycles. The first-order valence-corrected chi connectivity index (χ1v) is 7.10. The van der Waals surface area contributed by atoms with Gasteiger partial charge in [0.25, 0.3) is 0 Å². The standard InChI is InChI=1S/C14H17N7O/c1-11-3-4-12(19-18-11)17-14(22)21-9-7-20(8-10-21)13-15-5-2-6-16-13/h2-6H,7-10H2,1H3,(H,17,19,22). The maximum absolute atomic E-state index is 12.2. The zero-order valence-corrected chi connectivity index (χ0v) is 12.3. The molecule has 1 N–H and O–H groups in total. The molecule has 0 atom stereocenters. The lowest BCUT2D eigenvalue weighted by molar-refractivity contribution is 0.208. The van der Waals surface area contributed by atoms with Gasteiger partial charge in [0.05, 0.1) is 5.69 Å². The average Bonchev–Trinajstić information content (AvgIpc) is 2.58. The summed E-state index contributed by atoms with van der Waals surface area (Å²) in [5.41, 5.74) is 0.814. The summed E-state index contributed by atoms with van der Waals surface area (Å²) in [6.07, 6.45) is 3.44. The molecular formula is C14H17N7O. The zero-order chi connectivity index (χ0) is 15.4. The van der Waals surface area contributed by atoms with Gasteiger partial charge in [-0.15, -0.1) is 5.10 Å². The van der Waals surface area contributed by atoms with Gasteiger partial charge >= 0.3 is 6.03 Å². The molecule has 0 unspecified atom stereocenters. The first kappa shape index (κ1) is 14.2. The van der Waals surface area contributed by atoms with Crippen LogP contribution in [0.15, 0.2) is 30.6 Å². The Bertz CT molecular complexity index is 623. The molecular weight excluding hydrogens is 282 g/mol. The summed E-state index contributed by atoms with van der Waals surface area (Å²) in [5.74, 6) is 1.16. The molecule has 8 heteroatoms. The fourth-order valence-corrected chi connectivity index (χ4v) is 2.22. The molecule has 0 aliphatic carbocycles. The van der Waals surface area contributed by atoms with E-state index in [9.17, 15) is 4.79 Å². The summed E-state index contributed by atoms with van der Waals surface area (Å²) in [4.78, 5) is 24.5. The van der Waals surface area contributed by atoms with Gasteiger partial charge in [-0.05, 0) is 25.1 Å². The number of urea groups is 1. The number of rotatable bonds is 2. The SMILES string of the molecule is Cc1ccc(NC(=O)N2CCN(c3ncccn3)CC2)nn1. The van der Waals surface area contributed by atoms with Crippen LogP contribution in [-0.2, 0) is 0 Å². The van der Waals surface area contributed by atoms with Crippen molar-refractivity contribution in [2.75, 3.05) is 36.4 Å². The number of amides is 2. The second-order valence-corrected chi connectivity index (χ2v) is 5.01. The van der Waals surface area contributed by atoms with E-state index in [1.165, 1.54) is 0 Å². The molecule has 1 saturated heterocycles. The Hall–Kier alpha value is -2.77. The molecule has 0 bridgehead atoms. The molecule has 3 heterocycles. The molecule has 1 aliphatic heterocycles. The highest BCUT2D eigenvalue weighted by Gasteiger charge is 2.22. The highest BCUT2D eigenvalue weighted by atomic mass is 16.2. The number of aryl methyl sites for hydroxylation is 1. The minimum Gasteiger partial charge on any atom is -0.337 e. The molecule has 8 nitrogen and oxygen atoms in total. The summed E-state index contributed by atoms with van der Waals surface area (Å²) in [6, 6.07) is 5.18. The Labute approximate surface area is 128 Å². The van der Waals surface area contributed by atoms with Crippen LogP contribution in [0.4, 0.5) is 16.6 Å². The van der Waals surface area contributed by atoms with Crippen LogP contribution in [-0.4, -0.2) is 57.3 Å². The molecule has 22 heavy (non-hydrogen) atoms. The third kappa shape index (κ3) is 3.27. The van der Waals surface area contributed by atoms with Crippen LogP contribution >= 0.6 is 0 Å². The number of hydrogen-bond donors (Lipinski definition) is 1. The van der Waals surface area contributed by atoms with Gasteiger partial charge in [0.15, 0.2) is 5.82 Å². The highest BCUT2D eigenvalue weighted by molar-refractivity contribution is 5.88. The van der Waals surface area contributed by atoms with Crippen LogP contribution in [0, 0.1) is 6.92 Å². The molecule has 0 radical (unpaired) electrons. The molecule has 2 amide bonds. The summed E-state index contributed by atoms with van der Waals surface area (Å²) in [6.45, 7) is 4.49. The minimum atomic E-state index is -0.160. The normalized spacial score (nSPS) is 14.8. The number of carbonyl (C=O) groups is 1. The van der Waals surface area contributed by atoms with E-state index in [1.54, 1.807) is 29.4 Å². The van der Waals surface area contributed by atoms with Crippen LogP contribution in [0.2, 0.25) is 0 Å². The average molecular weight is 299 g/mol. The van der Waals surface area contributed by atoms with Crippen LogP contribution in [0.5, 0.6) is 0 Å². The van der Waals surface area contributed by atoms with E-state index >= 15 is 0 Å². The summed E-state index contributed by atoms with van der Waals surface area (Å²) < 4.78 is 0. The molecule has 0 aromatic carbocycles. The quantitative estimate of drug-likeness (QED) is 0.887. The predicted molar refractivity (Wildman–Crippen MR) is 81.6 cm³/mol. The van der Waals surface area contributed by atoms with Gasteiger partial charge in [0, 0.05) is 38.6 Å². The monoisotopic (exact) mass is 299 g/mol. The molecule has 2 aromatic rings. The minimum absolute atomic E-state index is 0.160. The van der Waals surface area contributed by atoms with Crippen molar-refractivity contribution in [3.63, 3.8) is 0 Å². The smallest absolute Gasteiger partial charge is 0.323 e. The van der Waals surface area contributed by atoms with Gasteiger partial charge in [-0.2, -0.15) is 5.10 Å². The number of nitrogens with one attached hydrogen (secondary N) is 1. The van der Waals surface area contributed by atoms with Crippen molar-refractivity contribution in [2.24, 2.45) is 0 Å². The molecule has 1 fully saturated rings. The first-order valence-electron chi connectivity index (χ1n) is 7.10. The van der Waals surface area contributed by atoms with Crippen LogP contribution in [0.1, 0.15) is 5.69 Å². The van der Waals surface area contributed by atoms with Crippen LogP contribution < -0.4 is 10.2 Å². The second kappa shape index (κ2) is 6.33. The lowest BCUT2D eigenvalue weighted by Gasteiger charge is -2.34. The van der Waals surface area contributed by atoms with Crippen molar-refractivity contribution in [2.45, 2.75) is 6.92 Å². The van der Waals surface area contributed by atoms with E-state index in [2.05, 4.69) is 30.4 Å². The number of carbonyl (C=O) groups excluding carboxylic acids is 1. The Morgan fingerprint density at radius 1 is 1.09 bits per heavy atom. The van der Waals surface area contributed by atoms with E-state index in [0.717, 1.165) is 5.69 Å². The van der Waals surface area contributed by atoms with Crippen molar-refractivity contribution < 1.29 is 4.79 Å². The predicted octanol–water partition coefficient (Wildman–Crippen LogP) is 0.929. The van der Waals surface area contributed by atoms with Gasteiger partial charge in [-0.25, -0.2) is 14.8 Å². The number of aromatic nitrogens is 4. The fraction of sp³-hybridized carbons (Fsp3) is 0.357. The largest absolute Gasteiger partial charge is 0.337 e. The van der Waals surface area contributed by atoms with Gasteiger partial charge in [0.1, 0.15) is 0 Å². The van der Waals surface area contributed by atoms with Crippen molar-refractivity contribution in [1.29, 1.82) is 0 Å². The molecule has 114 valence electrons. The Balaban J connectivity index is 1.54.